The van der Waals surface area contributed by atoms with Crippen LogP contribution in [-0.4, -0.2) is 29.7 Å². The zero-order chi connectivity index (χ0) is 14.8. The van der Waals surface area contributed by atoms with Crippen LogP contribution in [0.15, 0.2) is 32.5 Å². The second-order valence-electron chi connectivity index (χ2n) is 3.91. The number of sulfonamides is 1. The molecule has 0 saturated carbocycles. The van der Waals surface area contributed by atoms with Gasteiger partial charge >= 0.3 is 0 Å². The van der Waals surface area contributed by atoms with E-state index in [4.69, 9.17) is 5.84 Å². The van der Waals surface area contributed by atoms with Crippen molar-refractivity contribution in [3.05, 3.63) is 33.2 Å². The van der Waals surface area contributed by atoms with Gasteiger partial charge in [0.25, 0.3) is 0 Å². The molecule has 108 valence electrons. The number of nitrogen functional groups attached to an aromatic ring is 1. The van der Waals surface area contributed by atoms with Crippen molar-refractivity contribution in [2.75, 3.05) is 12.5 Å². The maximum atomic E-state index is 12.3. The fraction of sp³-hybridized carbons (Fsp3) is 0.200. The first-order valence-corrected chi connectivity index (χ1v) is 8.52. The highest BCUT2D eigenvalue weighted by Gasteiger charge is 2.22. The van der Waals surface area contributed by atoms with Crippen LogP contribution in [0, 0.1) is 0 Å². The van der Waals surface area contributed by atoms with E-state index in [1.165, 1.54) is 35.1 Å². The number of nitrogens with zero attached hydrogens (tertiary/aromatic N) is 3. The van der Waals surface area contributed by atoms with Crippen LogP contribution in [0.2, 0.25) is 0 Å². The Morgan fingerprint density at radius 1 is 1.45 bits per heavy atom. The summed E-state index contributed by atoms with van der Waals surface area (Å²) in [4.78, 5) is 7.62. The number of thiophene rings is 1. The Morgan fingerprint density at radius 2 is 2.10 bits per heavy atom. The standard InChI is InChI=1S/C10H12BrN5O2S2/c1-16(5-7-2-9(11)19-6-7)20(17,18)8-3-13-10(15-12)14-4-8/h2-4,6H,5,12H2,1H3,(H,13,14,15). The third-order valence-electron chi connectivity index (χ3n) is 2.49. The molecule has 2 aromatic rings. The number of halogens is 1. The molecular formula is C10H12BrN5O2S2. The van der Waals surface area contributed by atoms with Crippen LogP contribution in [0.4, 0.5) is 5.95 Å². The van der Waals surface area contributed by atoms with Gasteiger partial charge in [0.2, 0.25) is 16.0 Å². The van der Waals surface area contributed by atoms with Crippen molar-refractivity contribution in [1.82, 2.24) is 14.3 Å². The lowest BCUT2D eigenvalue weighted by molar-refractivity contribution is 0.466. The third-order valence-corrected chi connectivity index (χ3v) is 5.80. The molecule has 0 bridgehead atoms. The normalized spacial score (nSPS) is 11.8. The predicted octanol–water partition coefficient (Wildman–Crippen LogP) is 1.41. The van der Waals surface area contributed by atoms with E-state index >= 15 is 0 Å². The van der Waals surface area contributed by atoms with Gasteiger partial charge in [-0.05, 0) is 32.9 Å². The Kier molecular flexibility index (Phi) is 4.70. The average molecular weight is 378 g/mol. The highest BCUT2D eigenvalue weighted by atomic mass is 79.9. The van der Waals surface area contributed by atoms with Crippen molar-refractivity contribution < 1.29 is 8.42 Å². The molecule has 0 radical (unpaired) electrons. The van der Waals surface area contributed by atoms with Crippen LogP contribution in [0.5, 0.6) is 0 Å². The van der Waals surface area contributed by atoms with E-state index in [2.05, 4.69) is 31.3 Å². The Bertz CT molecular complexity index is 686. The van der Waals surface area contributed by atoms with Gasteiger partial charge in [-0.2, -0.15) is 4.31 Å². The number of hydrazine groups is 1. The number of hydrogen-bond donors (Lipinski definition) is 2. The molecule has 2 rings (SSSR count). The fourth-order valence-corrected chi connectivity index (χ4v) is 3.73. The van der Waals surface area contributed by atoms with E-state index < -0.39 is 10.0 Å². The largest absolute Gasteiger partial charge is 0.292 e. The lowest BCUT2D eigenvalue weighted by atomic mass is 10.3. The molecule has 0 aliphatic carbocycles. The maximum Gasteiger partial charge on any atom is 0.246 e. The first-order valence-electron chi connectivity index (χ1n) is 5.41. The molecule has 0 unspecified atom stereocenters. The van der Waals surface area contributed by atoms with Crippen molar-refractivity contribution in [2.45, 2.75) is 11.4 Å². The number of aromatic nitrogens is 2. The number of hydrogen-bond acceptors (Lipinski definition) is 7. The van der Waals surface area contributed by atoms with Gasteiger partial charge in [-0.3, -0.25) is 5.43 Å². The summed E-state index contributed by atoms with van der Waals surface area (Å²) in [5.41, 5.74) is 3.15. The summed E-state index contributed by atoms with van der Waals surface area (Å²) in [5, 5.41) is 1.90. The second-order valence-corrected chi connectivity index (χ2v) is 8.24. The minimum absolute atomic E-state index is 0.0216. The van der Waals surface area contributed by atoms with Gasteiger partial charge in [0.05, 0.1) is 16.2 Å². The monoisotopic (exact) mass is 377 g/mol. The van der Waals surface area contributed by atoms with Gasteiger partial charge < -0.3 is 0 Å². The van der Waals surface area contributed by atoms with Gasteiger partial charge in [0.1, 0.15) is 4.90 Å². The smallest absolute Gasteiger partial charge is 0.246 e. The first-order chi connectivity index (χ1) is 9.43. The van der Waals surface area contributed by atoms with E-state index in [9.17, 15) is 8.42 Å². The SMILES string of the molecule is CN(Cc1csc(Br)c1)S(=O)(=O)c1cnc(NN)nc1. The number of rotatable bonds is 5. The highest BCUT2D eigenvalue weighted by molar-refractivity contribution is 9.11. The number of anilines is 1. The van der Waals surface area contributed by atoms with Crippen LogP contribution in [0.25, 0.3) is 0 Å². The van der Waals surface area contributed by atoms with Crippen LogP contribution in [0.1, 0.15) is 5.56 Å². The summed E-state index contributed by atoms with van der Waals surface area (Å²) in [6.45, 7) is 0.279. The molecule has 7 nitrogen and oxygen atoms in total. The summed E-state index contributed by atoms with van der Waals surface area (Å²) in [6.07, 6.45) is 2.44. The third kappa shape index (κ3) is 3.33. The van der Waals surface area contributed by atoms with Gasteiger partial charge in [0, 0.05) is 13.6 Å². The molecular weight excluding hydrogens is 366 g/mol. The number of nitrogens with two attached hydrogens (primary N) is 1. The zero-order valence-corrected chi connectivity index (χ0v) is 13.7. The minimum atomic E-state index is -3.62. The Morgan fingerprint density at radius 3 is 2.60 bits per heavy atom. The molecule has 20 heavy (non-hydrogen) atoms. The molecule has 2 heterocycles. The first kappa shape index (κ1) is 15.3. The van der Waals surface area contributed by atoms with E-state index in [0.717, 1.165) is 9.35 Å². The summed E-state index contributed by atoms with van der Waals surface area (Å²) >= 11 is 4.85. The lowest BCUT2D eigenvalue weighted by Crippen LogP contribution is -2.26. The predicted molar refractivity (Wildman–Crippen MR) is 80.5 cm³/mol. The van der Waals surface area contributed by atoms with E-state index in [0.29, 0.717) is 0 Å². The van der Waals surface area contributed by atoms with Crippen molar-refractivity contribution in [3.63, 3.8) is 0 Å². The molecule has 2 aromatic heterocycles. The van der Waals surface area contributed by atoms with Crippen LogP contribution in [0.3, 0.4) is 0 Å². The summed E-state index contributed by atoms with van der Waals surface area (Å²) in [5.74, 6) is 5.30. The van der Waals surface area contributed by atoms with Crippen LogP contribution >= 0.6 is 27.3 Å². The van der Waals surface area contributed by atoms with Crippen molar-refractivity contribution in [2.24, 2.45) is 5.84 Å². The fourth-order valence-electron chi connectivity index (χ4n) is 1.47. The molecule has 0 amide bonds. The van der Waals surface area contributed by atoms with Crippen molar-refractivity contribution in [3.8, 4) is 0 Å². The molecule has 0 atom stereocenters. The van der Waals surface area contributed by atoms with Crippen molar-refractivity contribution >= 4 is 43.2 Å². The van der Waals surface area contributed by atoms with Gasteiger partial charge in [-0.15, -0.1) is 11.3 Å². The maximum absolute atomic E-state index is 12.3. The Hall–Kier alpha value is -1.07. The van der Waals surface area contributed by atoms with Gasteiger partial charge in [-0.25, -0.2) is 24.2 Å². The molecule has 0 fully saturated rings. The summed E-state index contributed by atoms with van der Waals surface area (Å²) < 4.78 is 26.9. The molecule has 0 saturated heterocycles. The molecule has 0 aromatic carbocycles. The average Bonchev–Trinajstić information content (AvgIpc) is 2.84. The topological polar surface area (TPSA) is 101 Å². The highest BCUT2D eigenvalue weighted by Crippen LogP contribution is 2.23. The molecule has 3 N–H and O–H groups in total. The Labute approximate surface area is 129 Å². The van der Waals surface area contributed by atoms with Crippen LogP contribution in [-0.2, 0) is 16.6 Å². The molecule has 0 aliphatic heterocycles. The molecule has 0 aliphatic rings. The van der Waals surface area contributed by atoms with Crippen LogP contribution < -0.4 is 11.3 Å². The van der Waals surface area contributed by atoms with Gasteiger partial charge in [-0.1, -0.05) is 0 Å². The van der Waals surface area contributed by atoms with Gasteiger partial charge in [0.15, 0.2) is 0 Å². The summed E-state index contributed by atoms with van der Waals surface area (Å²) in [6, 6.07) is 1.88. The van der Waals surface area contributed by atoms with E-state index in [-0.39, 0.29) is 17.4 Å². The molecule has 10 heteroatoms. The van der Waals surface area contributed by atoms with E-state index in [1.54, 1.807) is 0 Å². The summed E-state index contributed by atoms with van der Waals surface area (Å²) in [7, 11) is -2.11. The minimum Gasteiger partial charge on any atom is -0.292 e. The zero-order valence-electron chi connectivity index (χ0n) is 10.4. The second kappa shape index (κ2) is 6.14. The quantitative estimate of drug-likeness (QED) is 0.603. The Balaban J connectivity index is 2.19. The number of nitrogens with one attached hydrogen (secondary N) is 1. The van der Waals surface area contributed by atoms with Crippen molar-refractivity contribution in [1.29, 1.82) is 0 Å². The van der Waals surface area contributed by atoms with E-state index in [1.807, 2.05) is 11.4 Å². The lowest BCUT2D eigenvalue weighted by Gasteiger charge is -2.16. The molecule has 0 spiro atoms.